The average Bonchev–Trinajstić information content (AvgIpc) is 0.797. The van der Waals surface area contributed by atoms with E-state index in [1.807, 2.05) is 43.3 Å². The number of hydrogen-bond donors (Lipinski definition) is 0. The molecule has 21 aromatic rings. The van der Waals surface area contributed by atoms with Gasteiger partial charge in [-0.05, 0) is 270 Å². The largest absolute Gasteiger partial charge is 0.262 e. The Morgan fingerprint density at radius 1 is 0.0977 bits per heavy atom. The van der Waals surface area contributed by atoms with Crippen LogP contribution in [0, 0.1) is 48.5 Å². The van der Waals surface area contributed by atoms with Gasteiger partial charge in [0.1, 0.15) is 0 Å². The minimum Gasteiger partial charge on any atom is -0.262 e. The van der Waals surface area contributed by atoms with Crippen LogP contribution in [0.2, 0.25) is 0 Å². The first kappa shape index (κ1) is 91.3. The van der Waals surface area contributed by atoms with Crippen LogP contribution in [0.15, 0.2) is 546 Å². The molecule has 0 radical (unpaired) electrons. The van der Waals surface area contributed by atoms with E-state index in [9.17, 15) is 0 Å². The second kappa shape index (κ2) is 47.0. The van der Waals surface area contributed by atoms with Crippen LogP contribution in [0.1, 0.15) is 39.1 Å². The second-order valence-corrected chi connectivity index (χ2v) is 33.5. The van der Waals surface area contributed by atoms with Crippen molar-refractivity contribution in [3.63, 3.8) is 0 Å². The van der Waals surface area contributed by atoms with Gasteiger partial charge < -0.3 is 0 Å². The van der Waals surface area contributed by atoms with Crippen LogP contribution in [0.3, 0.4) is 0 Å². The van der Waals surface area contributed by atoms with Gasteiger partial charge in [0.05, 0.1) is 0 Å². The molecule has 0 atom stereocenters. The second-order valence-electron chi connectivity index (χ2n) is 33.5. The summed E-state index contributed by atoms with van der Waals surface area (Å²) in [5, 5.41) is 0. The van der Waals surface area contributed by atoms with Crippen LogP contribution in [-0.2, 0) is 0 Å². The number of rotatable bonds is 14. The maximum Gasteiger partial charge on any atom is 0.0372 e. The molecule has 133 heavy (non-hydrogen) atoms. The molecule has 0 fully saturated rings. The fourth-order valence-electron chi connectivity index (χ4n) is 16.0. The van der Waals surface area contributed by atoms with Crippen molar-refractivity contribution < 1.29 is 0 Å². The smallest absolute Gasteiger partial charge is 0.0372 e. The Balaban J connectivity index is 0.000000120. The normalized spacial score (nSPS) is 10.4. The Morgan fingerprint density at radius 2 is 0.248 bits per heavy atom. The predicted molar refractivity (Wildman–Crippen MR) is 572 cm³/mol. The fourth-order valence-corrected chi connectivity index (χ4v) is 16.0. The molecular formula is C132H111N. The first-order valence-corrected chi connectivity index (χ1v) is 45.7. The Bertz CT molecular complexity index is 6940. The van der Waals surface area contributed by atoms with Gasteiger partial charge in [0, 0.05) is 11.9 Å². The monoisotopic (exact) mass is 1710 g/mol. The van der Waals surface area contributed by atoms with E-state index in [4.69, 9.17) is 0 Å². The topological polar surface area (TPSA) is 12.9 Å². The molecule has 0 amide bonds. The lowest BCUT2D eigenvalue weighted by Gasteiger charge is -2.11. The van der Waals surface area contributed by atoms with Gasteiger partial charge in [0.25, 0.3) is 0 Å². The van der Waals surface area contributed by atoms with Crippen LogP contribution in [-0.4, -0.2) is 4.98 Å². The number of hydrogen-bond acceptors (Lipinski definition) is 1. The van der Waals surface area contributed by atoms with Crippen molar-refractivity contribution in [3.8, 4) is 156 Å². The van der Waals surface area contributed by atoms with Gasteiger partial charge in [-0.25, -0.2) is 0 Å². The quantitative estimate of drug-likeness (QED) is 0.106. The molecule has 0 saturated heterocycles. The molecule has 1 nitrogen and oxygen atoms in total. The van der Waals surface area contributed by atoms with E-state index in [0.29, 0.717) is 0 Å². The number of pyridine rings is 1. The summed E-state index contributed by atoms with van der Waals surface area (Å²) in [6, 6.07) is 191. The van der Waals surface area contributed by atoms with E-state index in [2.05, 4.69) is 550 Å². The van der Waals surface area contributed by atoms with Gasteiger partial charge in [-0.2, -0.15) is 0 Å². The lowest BCUT2D eigenvalue weighted by Crippen LogP contribution is -1.86. The summed E-state index contributed by atoms with van der Waals surface area (Å²) in [6.45, 7) is 14.8. The van der Waals surface area contributed by atoms with Crippen molar-refractivity contribution in [1.82, 2.24) is 4.98 Å². The van der Waals surface area contributed by atoms with Crippen LogP contribution in [0.25, 0.3) is 156 Å². The molecule has 1 aromatic heterocycles. The fraction of sp³-hybridized carbons (Fsp3) is 0.0530. The number of aryl methyl sites for hydroxylation is 7. The van der Waals surface area contributed by atoms with Crippen LogP contribution >= 0.6 is 0 Å². The minimum atomic E-state index is 1.07. The Morgan fingerprint density at radius 3 is 0.489 bits per heavy atom. The summed E-state index contributed by atoms with van der Waals surface area (Å²) in [6.07, 6.45) is 1.79. The zero-order chi connectivity index (χ0) is 91.6. The van der Waals surface area contributed by atoms with Crippen molar-refractivity contribution in [3.05, 3.63) is 585 Å². The molecule has 0 aliphatic carbocycles. The Labute approximate surface area is 788 Å². The third-order valence-corrected chi connectivity index (χ3v) is 23.2. The standard InChI is InChI=1S/2C25H20.4C19H16.C6H7N/c1-19-9-8-14-22(15-19)25-17-23(20-10-4-2-5-11-20)16-24(18-25)21-12-6-3-7-13-21;1-19-12-14-22(15-13-19)25-17-23(20-8-4-2-5-9-20)16-24(18-25)21-10-6-3-7-11-21;1-15-12-18(16-8-4-2-5-9-16)14-19(13-15)17-10-6-3-7-11-17;1-15-7-5-10-17(13-15)19-12-6-11-18(14-19)16-8-3-2-4-9-16;1-15-6-5-9-19(14-15)18-12-10-17(11-13-18)16-7-3-2-4-8-16;1-15-7-9-17(10-8-15)19-13-11-18(12-14-19)16-5-3-2-4-6-16;1-6-4-2-3-5-7-6/h2*2-18H,1H3;4*2-14H,1H3;2-5H,1H3. The van der Waals surface area contributed by atoms with Gasteiger partial charge in [-0.1, -0.05) is 507 Å². The van der Waals surface area contributed by atoms with Gasteiger partial charge in [-0.3, -0.25) is 4.98 Å². The Kier molecular flexibility index (Phi) is 32.3. The average molecular weight is 1710 g/mol. The van der Waals surface area contributed by atoms with Crippen molar-refractivity contribution in [2.24, 2.45) is 0 Å². The summed E-state index contributed by atoms with van der Waals surface area (Å²) in [7, 11) is 0. The van der Waals surface area contributed by atoms with Crippen molar-refractivity contribution >= 4 is 0 Å². The van der Waals surface area contributed by atoms with E-state index in [0.717, 1.165) is 5.69 Å². The third kappa shape index (κ3) is 26.9. The van der Waals surface area contributed by atoms with Gasteiger partial charge >= 0.3 is 0 Å². The molecule has 20 aromatic carbocycles. The van der Waals surface area contributed by atoms with Gasteiger partial charge in [0.2, 0.25) is 0 Å². The zero-order valence-corrected chi connectivity index (χ0v) is 76.9. The zero-order valence-electron chi connectivity index (χ0n) is 76.9. The van der Waals surface area contributed by atoms with Crippen molar-refractivity contribution in [2.75, 3.05) is 0 Å². The molecule has 0 unspecified atom stereocenters. The number of nitrogens with zero attached hydrogens (tertiary/aromatic N) is 1. The summed E-state index contributed by atoms with van der Waals surface area (Å²) in [5.41, 5.74) is 44.1. The van der Waals surface area contributed by atoms with E-state index in [1.165, 1.54) is 189 Å². The molecular weight excluding hydrogens is 1600 g/mol. The molecule has 21 rings (SSSR count). The number of benzene rings is 20. The highest BCUT2D eigenvalue weighted by atomic mass is 14.6. The third-order valence-electron chi connectivity index (χ3n) is 23.2. The minimum absolute atomic E-state index is 1.07. The highest BCUT2D eigenvalue weighted by molar-refractivity contribution is 5.84. The van der Waals surface area contributed by atoms with Crippen LogP contribution in [0.5, 0.6) is 0 Å². The highest BCUT2D eigenvalue weighted by Gasteiger charge is 2.12. The molecule has 1 heterocycles. The molecule has 0 aliphatic heterocycles. The molecule has 0 spiro atoms. The number of aromatic nitrogens is 1. The van der Waals surface area contributed by atoms with Crippen molar-refractivity contribution in [1.29, 1.82) is 0 Å². The lowest BCUT2D eigenvalue weighted by molar-refractivity contribution is 1.20. The summed E-state index contributed by atoms with van der Waals surface area (Å²) in [5.74, 6) is 0. The van der Waals surface area contributed by atoms with E-state index in [-0.39, 0.29) is 0 Å². The van der Waals surface area contributed by atoms with E-state index in [1.54, 1.807) is 6.20 Å². The van der Waals surface area contributed by atoms with Crippen LogP contribution < -0.4 is 0 Å². The molecule has 1 heteroatoms. The SMILES string of the molecule is Cc1cc(-c2ccccc2)cc(-c2ccccc2)c1.Cc1ccc(-c2cc(-c3ccccc3)cc(-c3ccccc3)c2)cc1.Cc1ccc(-c2ccc(-c3ccccc3)cc2)cc1.Cc1cccc(-c2cc(-c3ccccc3)cc(-c3ccccc3)c2)c1.Cc1cccc(-c2ccc(-c3ccccc3)cc2)c1.Cc1cccc(-c2cccc(-c3ccccc3)c2)c1.Cc1ccccn1. The van der Waals surface area contributed by atoms with E-state index >= 15 is 0 Å². The maximum absolute atomic E-state index is 3.98. The molecule has 0 saturated carbocycles. The summed E-state index contributed by atoms with van der Waals surface area (Å²) >= 11 is 0. The van der Waals surface area contributed by atoms with Crippen LogP contribution in [0.4, 0.5) is 0 Å². The molecule has 644 valence electrons. The predicted octanol–water partition coefficient (Wildman–Crippen LogP) is 36.7. The first-order valence-electron chi connectivity index (χ1n) is 45.7. The molecule has 0 N–H and O–H groups in total. The lowest BCUT2D eigenvalue weighted by atomic mass is 9.93. The van der Waals surface area contributed by atoms with Gasteiger partial charge in [-0.15, -0.1) is 0 Å². The van der Waals surface area contributed by atoms with Crippen molar-refractivity contribution in [2.45, 2.75) is 48.5 Å². The molecule has 0 bridgehead atoms. The highest BCUT2D eigenvalue weighted by Crippen LogP contribution is 2.38. The molecule has 0 aliphatic rings. The van der Waals surface area contributed by atoms with E-state index < -0.39 is 0 Å². The Hall–Kier alpha value is -16.5. The summed E-state index contributed by atoms with van der Waals surface area (Å²) in [4.78, 5) is 3.98. The maximum atomic E-state index is 3.98. The van der Waals surface area contributed by atoms with Gasteiger partial charge in [0.15, 0.2) is 0 Å². The summed E-state index contributed by atoms with van der Waals surface area (Å²) < 4.78 is 0. The first-order chi connectivity index (χ1) is 65.3.